The molecule has 0 bridgehead atoms. The van der Waals surface area contributed by atoms with E-state index >= 15 is 0 Å². The maximum absolute atomic E-state index is 3.53. The van der Waals surface area contributed by atoms with Crippen LogP contribution in [0.2, 0.25) is 0 Å². The fourth-order valence-electron chi connectivity index (χ4n) is 1.45. The molecule has 0 aliphatic carbocycles. The lowest BCUT2D eigenvalue weighted by Crippen LogP contribution is -2.26. The van der Waals surface area contributed by atoms with Crippen molar-refractivity contribution in [2.75, 3.05) is 6.54 Å². The second kappa shape index (κ2) is 3.89. The van der Waals surface area contributed by atoms with Gasteiger partial charge in [0.2, 0.25) is 0 Å². The molecule has 0 spiro atoms. The second-order valence-corrected chi connectivity index (χ2v) is 2.91. The minimum atomic E-state index is 0.826. The van der Waals surface area contributed by atoms with Crippen LogP contribution in [0.25, 0.3) is 0 Å². The number of rotatable bonds is 1. The highest BCUT2D eigenvalue weighted by molar-refractivity contribution is 4.68. The molecule has 1 saturated heterocycles. The summed E-state index contributed by atoms with van der Waals surface area (Å²) in [6, 6.07) is 0.826. The Hall–Kier alpha value is -0.0400. The fourth-order valence-corrected chi connectivity index (χ4v) is 1.45. The average molecular weight is 127 g/mol. The first-order chi connectivity index (χ1) is 4.43. The Morgan fingerprint density at radius 2 is 2.22 bits per heavy atom. The van der Waals surface area contributed by atoms with Gasteiger partial charge in [-0.05, 0) is 25.8 Å². The van der Waals surface area contributed by atoms with Gasteiger partial charge in [-0.15, -0.1) is 0 Å². The van der Waals surface area contributed by atoms with Gasteiger partial charge in [-0.2, -0.15) is 0 Å². The molecule has 54 valence electrons. The molecule has 0 aromatic rings. The van der Waals surface area contributed by atoms with E-state index in [2.05, 4.69) is 12.2 Å². The summed E-state index contributed by atoms with van der Waals surface area (Å²) in [4.78, 5) is 0. The van der Waals surface area contributed by atoms with Crippen molar-refractivity contribution >= 4 is 0 Å². The molecular formula is C8H17N. The minimum absolute atomic E-state index is 0.826. The van der Waals surface area contributed by atoms with E-state index in [9.17, 15) is 0 Å². The van der Waals surface area contributed by atoms with Gasteiger partial charge in [-0.25, -0.2) is 0 Å². The van der Waals surface area contributed by atoms with Crippen LogP contribution in [0.15, 0.2) is 0 Å². The van der Waals surface area contributed by atoms with Crippen LogP contribution in [0, 0.1) is 0 Å². The van der Waals surface area contributed by atoms with Crippen LogP contribution in [0.4, 0.5) is 0 Å². The van der Waals surface area contributed by atoms with Crippen molar-refractivity contribution in [1.82, 2.24) is 5.32 Å². The highest BCUT2D eigenvalue weighted by atomic mass is 14.9. The highest BCUT2D eigenvalue weighted by Gasteiger charge is 2.07. The summed E-state index contributed by atoms with van der Waals surface area (Å²) in [5.74, 6) is 0. The molecule has 1 heterocycles. The summed E-state index contributed by atoms with van der Waals surface area (Å²) in [5.41, 5.74) is 0. The molecule has 1 unspecified atom stereocenters. The van der Waals surface area contributed by atoms with Crippen molar-refractivity contribution < 1.29 is 0 Å². The van der Waals surface area contributed by atoms with E-state index in [1.54, 1.807) is 0 Å². The van der Waals surface area contributed by atoms with E-state index in [1.165, 1.54) is 38.6 Å². The molecule has 0 amide bonds. The van der Waals surface area contributed by atoms with Crippen molar-refractivity contribution in [3.05, 3.63) is 0 Å². The van der Waals surface area contributed by atoms with E-state index in [4.69, 9.17) is 0 Å². The zero-order valence-corrected chi connectivity index (χ0v) is 6.32. The van der Waals surface area contributed by atoms with Gasteiger partial charge >= 0.3 is 0 Å². The van der Waals surface area contributed by atoms with Crippen LogP contribution in [0.5, 0.6) is 0 Å². The first-order valence-electron chi connectivity index (χ1n) is 4.17. The van der Waals surface area contributed by atoms with Gasteiger partial charge < -0.3 is 5.32 Å². The van der Waals surface area contributed by atoms with Crippen LogP contribution in [-0.4, -0.2) is 12.6 Å². The fraction of sp³-hybridized carbons (Fsp3) is 1.00. The molecule has 1 nitrogen and oxygen atoms in total. The first kappa shape index (κ1) is 7.07. The quantitative estimate of drug-likeness (QED) is 0.567. The molecule has 1 fully saturated rings. The molecule has 1 atom stereocenters. The standard InChI is InChI=1S/C8H17N/c1-2-8-6-4-3-5-7-9-8/h8-9H,2-7H2,1H3. The van der Waals surface area contributed by atoms with Crippen molar-refractivity contribution in [1.29, 1.82) is 0 Å². The molecule has 1 heteroatoms. The van der Waals surface area contributed by atoms with Gasteiger partial charge in [0.15, 0.2) is 0 Å². The molecule has 0 saturated carbocycles. The predicted molar refractivity (Wildman–Crippen MR) is 40.5 cm³/mol. The summed E-state index contributed by atoms with van der Waals surface area (Å²) < 4.78 is 0. The van der Waals surface area contributed by atoms with Crippen LogP contribution in [0.3, 0.4) is 0 Å². The van der Waals surface area contributed by atoms with E-state index in [0.717, 1.165) is 6.04 Å². The Morgan fingerprint density at radius 1 is 1.33 bits per heavy atom. The van der Waals surface area contributed by atoms with Crippen LogP contribution < -0.4 is 5.32 Å². The van der Waals surface area contributed by atoms with Gasteiger partial charge in [-0.1, -0.05) is 19.8 Å². The maximum atomic E-state index is 3.53. The first-order valence-corrected chi connectivity index (χ1v) is 4.17. The lowest BCUT2D eigenvalue weighted by Gasteiger charge is -2.11. The number of hydrogen-bond donors (Lipinski definition) is 1. The largest absolute Gasteiger partial charge is 0.314 e. The second-order valence-electron chi connectivity index (χ2n) is 2.91. The van der Waals surface area contributed by atoms with E-state index < -0.39 is 0 Å². The van der Waals surface area contributed by atoms with Gasteiger partial charge in [-0.3, -0.25) is 0 Å². The monoisotopic (exact) mass is 127 g/mol. The lowest BCUT2D eigenvalue weighted by atomic mass is 10.1. The highest BCUT2D eigenvalue weighted by Crippen LogP contribution is 2.09. The summed E-state index contributed by atoms with van der Waals surface area (Å²) in [5, 5.41) is 3.53. The minimum Gasteiger partial charge on any atom is -0.314 e. The third-order valence-corrected chi connectivity index (χ3v) is 2.16. The molecule has 1 N–H and O–H groups in total. The van der Waals surface area contributed by atoms with Crippen molar-refractivity contribution in [3.8, 4) is 0 Å². The Kier molecular flexibility index (Phi) is 3.05. The van der Waals surface area contributed by atoms with Crippen LogP contribution in [0.1, 0.15) is 39.0 Å². The molecule has 1 rings (SSSR count). The summed E-state index contributed by atoms with van der Waals surface area (Å²) >= 11 is 0. The third-order valence-electron chi connectivity index (χ3n) is 2.16. The lowest BCUT2D eigenvalue weighted by molar-refractivity contribution is 0.497. The topological polar surface area (TPSA) is 12.0 Å². The van der Waals surface area contributed by atoms with Gasteiger partial charge in [0.1, 0.15) is 0 Å². The molecule has 1 aliphatic heterocycles. The molecular weight excluding hydrogens is 110 g/mol. The maximum Gasteiger partial charge on any atom is 0.00644 e. The van der Waals surface area contributed by atoms with E-state index in [0.29, 0.717) is 0 Å². The zero-order chi connectivity index (χ0) is 6.53. The van der Waals surface area contributed by atoms with Gasteiger partial charge in [0.25, 0.3) is 0 Å². The Morgan fingerprint density at radius 3 is 3.00 bits per heavy atom. The number of nitrogens with one attached hydrogen (secondary N) is 1. The average Bonchev–Trinajstić information content (AvgIpc) is 2.13. The van der Waals surface area contributed by atoms with Crippen molar-refractivity contribution in [2.24, 2.45) is 0 Å². The third kappa shape index (κ3) is 2.35. The van der Waals surface area contributed by atoms with Gasteiger partial charge in [0, 0.05) is 6.04 Å². The molecule has 0 aromatic heterocycles. The smallest absolute Gasteiger partial charge is 0.00644 e. The van der Waals surface area contributed by atoms with E-state index in [-0.39, 0.29) is 0 Å². The zero-order valence-electron chi connectivity index (χ0n) is 6.32. The van der Waals surface area contributed by atoms with Crippen molar-refractivity contribution in [3.63, 3.8) is 0 Å². The SMILES string of the molecule is CCC1CCCCCN1. The van der Waals surface area contributed by atoms with Crippen LogP contribution >= 0.6 is 0 Å². The molecule has 1 aliphatic rings. The van der Waals surface area contributed by atoms with Gasteiger partial charge in [0.05, 0.1) is 0 Å². The van der Waals surface area contributed by atoms with E-state index in [1.807, 2.05) is 0 Å². The predicted octanol–water partition coefficient (Wildman–Crippen LogP) is 1.93. The molecule has 0 radical (unpaired) electrons. The summed E-state index contributed by atoms with van der Waals surface area (Å²) in [6.45, 7) is 3.52. The molecule has 0 aromatic carbocycles. The van der Waals surface area contributed by atoms with Crippen LogP contribution in [-0.2, 0) is 0 Å². The van der Waals surface area contributed by atoms with Crippen molar-refractivity contribution in [2.45, 2.75) is 45.1 Å². The normalized spacial score (nSPS) is 29.7. The Bertz CT molecular complexity index is 63.0. The Labute approximate surface area is 57.8 Å². The number of hydrogen-bond acceptors (Lipinski definition) is 1. The summed E-state index contributed by atoms with van der Waals surface area (Å²) in [6.07, 6.45) is 6.96. The molecule has 9 heavy (non-hydrogen) atoms. The Balaban J connectivity index is 2.18. The summed E-state index contributed by atoms with van der Waals surface area (Å²) in [7, 11) is 0.